The molecule has 0 atom stereocenters. The van der Waals surface area contributed by atoms with Crippen LogP contribution in [-0.4, -0.2) is 5.11 Å². The molecule has 1 N–H and O–H groups in total. The zero-order valence-corrected chi connectivity index (χ0v) is 3.00. The summed E-state index contributed by atoms with van der Waals surface area (Å²) in [6.07, 6.45) is 0. The summed E-state index contributed by atoms with van der Waals surface area (Å²) in [7, 11) is 0. The molecule has 0 aromatic heterocycles. The Bertz CT molecular complexity index is 29.0. The first-order valence-electron chi connectivity index (χ1n) is 0.801. The molecule has 1 nitrogen and oxygen atoms in total. The Hall–Kier alpha value is -0.110. The van der Waals surface area contributed by atoms with Crippen LogP contribution in [-0.2, 0) is 0 Å². The third-order valence-corrected chi connectivity index (χ3v) is 0. The molecular weight excluding hydrogens is 72.1 g/mol. The minimum Gasteiger partial charge on any atom is -0.503 e. The summed E-state index contributed by atoms with van der Waals surface area (Å²) in [6, 6.07) is 0. The molecule has 0 saturated heterocycles. The Balaban J connectivity index is 2.80. The average molecular weight is 76.1 g/mol. The molecular formula is C2H4OS. The Morgan fingerprint density at radius 2 is 2.00 bits per heavy atom. The fourth-order valence-electron chi connectivity index (χ4n) is 0. The molecule has 0 heterocycles. The van der Waals surface area contributed by atoms with Crippen LogP contribution in [0.1, 0.15) is 0 Å². The van der Waals surface area contributed by atoms with E-state index < -0.39 is 0 Å². The molecule has 0 aromatic rings. The van der Waals surface area contributed by atoms with Gasteiger partial charge in [0.1, 0.15) is 5.09 Å². The zero-order chi connectivity index (χ0) is 3.58. The van der Waals surface area contributed by atoms with E-state index in [9.17, 15) is 0 Å². The van der Waals surface area contributed by atoms with Gasteiger partial charge in [-0.3, -0.25) is 0 Å². The highest BCUT2D eigenvalue weighted by Gasteiger charge is 1.55. The van der Waals surface area contributed by atoms with Gasteiger partial charge in [0.15, 0.2) is 0 Å². The van der Waals surface area contributed by atoms with E-state index in [0.29, 0.717) is 0 Å². The molecule has 0 radical (unpaired) electrons. The first-order valence-corrected chi connectivity index (χ1v) is 1.25. The number of hydrogen-bond acceptors (Lipinski definition) is 2. The lowest BCUT2D eigenvalue weighted by molar-refractivity contribution is 0.460. The van der Waals surface area contributed by atoms with Crippen LogP contribution in [0.3, 0.4) is 0 Å². The van der Waals surface area contributed by atoms with Crippen molar-refractivity contribution < 1.29 is 5.11 Å². The smallest absolute Gasteiger partial charge is 0.139 e. The molecule has 0 rings (SSSR count). The zero-order valence-electron chi connectivity index (χ0n) is 2.10. The molecule has 0 aliphatic carbocycles. The van der Waals surface area contributed by atoms with Crippen LogP contribution < -0.4 is 0 Å². The van der Waals surface area contributed by atoms with Gasteiger partial charge in [-0.05, 0) is 0 Å². The van der Waals surface area contributed by atoms with Crippen LogP contribution in [0.2, 0.25) is 0 Å². The van der Waals surface area contributed by atoms with Gasteiger partial charge >= 0.3 is 0 Å². The minimum atomic E-state index is -0.139. The number of hydrogen-bond donors (Lipinski definition) is 2. The molecule has 0 unspecified atom stereocenters. The molecule has 0 fully saturated rings. The highest BCUT2D eigenvalue weighted by atomic mass is 32.1. The molecule has 0 aromatic carbocycles. The summed E-state index contributed by atoms with van der Waals surface area (Å²) < 4.78 is 0. The molecule has 0 aliphatic rings. The van der Waals surface area contributed by atoms with Gasteiger partial charge in [0.05, 0.1) is 0 Å². The molecule has 0 amide bonds. The lowest BCUT2D eigenvalue weighted by Crippen LogP contribution is -1.47. The second-order valence-electron chi connectivity index (χ2n) is 0.416. The quantitative estimate of drug-likeness (QED) is 0.325. The van der Waals surface area contributed by atoms with E-state index in [1.54, 1.807) is 0 Å². The fraction of sp³-hybridized carbons (Fsp3) is 0. The third-order valence-electron chi connectivity index (χ3n) is 0. The topological polar surface area (TPSA) is 20.2 Å². The Kier molecular flexibility index (Phi) is 1.20. The van der Waals surface area contributed by atoms with Crippen LogP contribution in [0.25, 0.3) is 0 Å². The van der Waals surface area contributed by atoms with E-state index in [0.717, 1.165) is 0 Å². The SMILES string of the molecule is C=C(O)S. The van der Waals surface area contributed by atoms with Crippen molar-refractivity contribution in [3.8, 4) is 0 Å². The van der Waals surface area contributed by atoms with Crippen molar-refractivity contribution in [2.45, 2.75) is 0 Å². The minimum absolute atomic E-state index is 0.139. The molecule has 0 spiro atoms. The van der Waals surface area contributed by atoms with E-state index in [-0.39, 0.29) is 5.09 Å². The van der Waals surface area contributed by atoms with Crippen molar-refractivity contribution in [3.05, 3.63) is 11.7 Å². The number of aliphatic hydroxyl groups excluding tert-OH is 1. The van der Waals surface area contributed by atoms with Gasteiger partial charge in [0, 0.05) is 0 Å². The van der Waals surface area contributed by atoms with Crippen LogP contribution in [0.15, 0.2) is 11.7 Å². The Morgan fingerprint density at radius 1 is 2.00 bits per heavy atom. The third kappa shape index (κ3) is 124. The first-order chi connectivity index (χ1) is 1.73. The van der Waals surface area contributed by atoms with Crippen molar-refractivity contribution in [1.29, 1.82) is 0 Å². The van der Waals surface area contributed by atoms with Gasteiger partial charge in [-0.25, -0.2) is 0 Å². The summed E-state index contributed by atoms with van der Waals surface area (Å²) in [5.41, 5.74) is 0. The maximum Gasteiger partial charge on any atom is 0.139 e. The Labute approximate surface area is 30.4 Å². The normalized spacial score (nSPS) is 6.25. The summed E-state index contributed by atoms with van der Waals surface area (Å²) in [6.45, 7) is 2.98. The van der Waals surface area contributed by atoms with Crippen LogP contribution in [0.4, 0.5) is 0 Å². The molecule has 0 aliphatic heterocycles. The van der Waals surface area contributed by atoms with Gasteiger partial charge < -0.3 is 5.11 Å². The summed E-state index contributed by atoms with van der Waals surface area (Å²) in [5.74, 6) is 0. The lowest BCUT2D eigenvalue weighted by Gasteiger charge is -1.67. The van der Waals surface area contributed by atoms with Crippen LogP contribution >= 0.6 is 12.6 Å². The van der Waals surface area contributed by atoms with Gasteiger partial charge in [-0.15, -0.1) is 12.6 Å². The molecule has 0 saturated carbocycles. The standard InChI is InChI=1S/C2H4OS/c1-2(3)4/h3-4H,1H2. The number of aliphatic hydroxyl groups is 1. The Morgan fingerprint density at radius 3 is 2.00 bits per heavy atom. The van der Waals surface area contributed by atoms with E-state index in [4.69, 9.17) is 5.11 Å². The number of thiol groups is 1. The van der Waals surface area contributed by atoms with Crippen molar-refractivity contribution in [2.24, 2.45) is 0 Å². The van der Waals surface area contributed by atoms with Gasteiger partial charge in [-0.1, -0.05) is 6.58 Å². The average Bonchev–Trinajstić information content (AvgIpc) is 0.811. The van der Waals surface area contributed by atoms with Crippen molar-refractivity contribution in [3.63, 3.8) is 0 Å². The van der Waals surface area contributed by atoms with E-state index in [2.05, 4.69) is 19.2 Å². The van der Waals surface area contributed by atoms with Gasteiger partial charge in [0.2, 0.25) is 0 Å². The fourth-order valence-corrected chi connectivity index (χ4v) is 0. The summed E-state index contributed by atoms with van der Waals surface area (Å²) >= 11 is 3.33. The molecule has 2 heteroatoms. The number of rotatable bonds is 0. The monoisotopic (exact) mass is 76.0 g/mol. The maximum atomic E-state index is 7.73. The van der Waals surface area contributed by atoms with Crippen molar-refractivity contribution in [2.75, 3.05) is 0 Å². The van der Waals surface area contributed by atoms with Gasteiger partial charge in [-0.2, -0.15) is 0 Å². The predicted octanol–water partition coefficient (Wildman–Crippen LogP) is 0.945. The molecule has 4 heavy (non-hydrogen) atoms. The summed E-state index contributed by atoms with van der Waals surface area (Å²) in [5, 5.41) is 7.59. The van der Waals surface area contributed by atoms with E-state index in [1.165, 1.54) is 0 Å². The highest BCUT2D eigenvalue weighted by molar-refractivity contribution is 7.84. The van der Waals surface area contributed by atoms with Crippen molar-refractivity contribution in [1.82, 2.24) is 0 Å². The molecule has 24 valence electrons. The first kappa shape index (κ1) is 3.89. The molecule has 0 bridgehead atoms. The largest absolute Gasteiger partial charge is 0.503 e. The summed E-state index contributed by atoms with van der Waals surface area (Å²) in [4.78, 5) is 0. The lowest BCUT2D eigenvalue weighted by atomic mass is 11.2. The maximum absolute atomic E-state index is 7.73. The second-order valence-corrected chi connectivity index (χ2v) is 0.932. The van der Waals surface area contributed by atoms with Crippen LogP contribution in [0.5, 0.6) is 0 Å². The van der Waals surface area contributed by atoms with Crippen LogP contribution in [0, 0.1) is 0 Å². The van der Waals surface area contributed by atoms with E-state index in [1.807, 2.05) is 0 Å². The second kappa shape index (κ2) is 1.24. The predicted molar refractivity (Wildman–Crippen MR) is 20.8 cm³/mol. The van der Waals surface area contributed by atoms with Crippen molar-refractivity contribution >= 4 is 12.6 Å². The van der Waals surface area contributed by atoms with Gasteiger partial charge in [0.25, 0.3) is 0 Å². The van der Waals surface area contributed by atoms with E-state index >= 15 is 0 Å². The highest BCUT2D eigenvalue weighted by Crippen LogP contribution is 1.80.